The van der Waals surface area contributed by atoms with Crippen LogP contribution in [0, 0.1) is 12.8 Å². The number of amides is 3. The standard InChI is InChI=1S/C21H29N5O4/c1-13(2)8-9-22-20(29)21(4)12-26-17(19(28)25(21)5)10-16(24-26)18(27)23-11-15-7-6-14(3)30-15/h6-7,10,13H,8-9,11-12H2,1-5H3,(H,22,29)(H,23,27). The predicted octanol–water partition coefficient (Wildman–Crippen LogP) is 1.72. The summed E-state index contributed by atoms with van der Waals surface area (Å²) < 4.78 is 6.88. The molecule has 1 aliphatic rings. The molecule has 9 nitrogen and oxygen atoms in total. The quantitative estimate of drug-likeness (QED) is 0.716. The number of likely N-dealkylation sites (N-methyl/N-ethyl adjacent to an activating group) is 1. The third-order valence-electron chi connectivity index (χ3n) is 5.45. The van der Waals surface area contributed by atoms with Gasteiger partial charge < -0.3 is 20.0 Å². The Morgan fingerprint density at radius 2 is 2.03 bits per heavy atom. The highest BCUT2D eigenvalue weighted by Gasteiger charge is 2.46. The van der Waals surface area contributed by atoms with Gasteiger partial charge in [0, 0.05) is 19.7 Å². The maximum Gasteiger partial charge on any atom is 0.272 e. The van der Waals surface area contributed by atoms with Crippen molar-refractivity contribution in [3.05, 3.63) is 41.1 Å². The molecule has 162 valence electrons. The van der Waals surface area contributed by atoms with E-state index in [2.05, 4.69) is 29.6 Å². The normalized spacial score (nSPS) is 18.5. The van der Waals surface area contributed by atoms with Crippen molar-refractivity contribution in [3.8, 4) is 0 Å². The number of rotatable bonds is 7. The highest BCUT2D eigenvalue weighted by Crippen LogP contribution is 2.26. The second-order valence-electron chi connectivity index (χ2n) is 8.34. The van der Waals surface area contributed by atoms with Crippen LogP contribution in [0.3, 0.4) is 0 Å². The number of nitrogens with zero attached hydrogens (tertiary/aromatic N) is 3. The number of carbonyl (C=O) groups is 3. The van der Waals surface area contributed by atoms with Gasteiger partial charge in [-0.2, -0.15) is 5.10 Å². The molecule has 1 atom stereocenters. The topological polar surface area (TPSA) is 109 Å². The summed E-state index contributed by atoms with van der Waals surface area (Å²) >= 11 is 0. The molecule has 1 aliphatic heterocycles. The Balaban J connectivity index is 1.72. The molecule has 0 fully saturated rings. The van der Waals surface area contributed by atoms with Gasteiger partial charge in [-0.05, 0) is 38.3 Å². The maximum atomic E-state index is 12.9. The summed E-state index contributed by atoms with van der Waals surface area (Å²) in [5.74, 6) is 0.857. The SMILES string of the molecule is Cc1ccc(CNC(=O)c2cc3n(n2)CC(C)(C(=O)NCCC(C)C)N(C)C3=O)o1. The third-order valence-corrected chi connectivity index (χ3v) is 5.45. The fourth-order valence-corrected chi connectivity index (χ4v) is 3.34. The number of carbonyl (C=O) groups excluding carboxylic acids is 3. The zero-order valence-corrected chi connectivity index (χ0v) is 18.1. The van der Waals surface area contributed by atoms with E-state index >= 15 is 0 Å². The summed E-state index contributed by atoms with van der Waals surface area (Å²) in [5, 5.41) is 9.93. The van der Waals surface area contributed by atoms with E-state index in [9.17, 15) is 14.4 Å². The van der Waals surface area contributed by atoms with Crippen LogP contribution in [0.1, 0.15) is 59.7 Å². The lowest BCUT2D eigenvalue weighted by Crippen LogP contribution is -2.62. The molecule has 2 N–H and O–H groups in total. The summed E-state index contributed by atoms with van der Waals surface area (Å²) in [5.41, 5.74) is -0.685. The van der Waals surface area contributed by atoms with Gasteiger partial charge in [-0.1, -0.05) is 13.8 Å². The van der Waals surface area contributed by atoms with E-state index in [1.807, 2.05) is 13.0 Å². The molecule has 0 radical (unpaired) electrons. The van der Waals surface area contributed by atoms with Crippen LogP contribution >= 0.6 is 0 Å². The van der Waals surface area contributed by atoms with Crippen LogP contribution in [-0.4, -0.2) is 51.5 Å². The van der Waals surface area contributed by atoms with Gasteiger partial charge >= 0.3 is 0 Å². The minimum absolute atomic E-state index is 0.125. The maximum absolute atomic E-state index is 12.9. The second kappa shape index (κ2) is 8.33. The highest BCUT2D eigenvalue weighted by molar-refractivity contribution is 6.01. The fraction of sp³-hybridized carbons (Fsp3) is 0.524. The molecule has 0 saturated carbocycles. The van der Waals surface area contributed by atoms with Gasteiger partial charge in [0.25, 0.3) is 11.8 Å². The van der Waals surface area contributed by atoms with E-state index in [1.54, 1.807) is 20.0 Å². The van der Waals surface area contributed by atoms with Crippen molar-refractivity contribution < 1.29 is 18.8 Å². The van der Waals surface area contributed by atoms with E-state index < -0.39 is 11.4 Å². The fourth-order valence-electron chi connectivity index (χ4n) is 3.34. The average Bonchev–Trinajstić information content (AvgIpc) is 3.30. The molecule has 3 amide bonds. The summed E-state index contributed by atoms with van der Waals surface area (Å²) in [6, 6.07) is 5.06. The van der Waals surface area contributed by atoms with Crippen LogP contribution in [0.5, 0.6) is 0 Å². The van der Waals surface area contributed by atoms with Crippen LogP contribution in [-0.2, 0) is 17.9 Å². The lowest BCUT2D eigenvalue weighted by atomic mass is 9.95. The Morgan fingerprint density at radius 3 is 2.67 bits per heavy atom. The minimum Gasteiger partial charge on any atom is -0.465 e. The van der Waals surface area contributed by atoms with Gasteiger partial charge in [0.2, 0.25) is 5.91 Å². The van der Waals surface area contributed by atoms with Gasteiger partial charge in [0.05, 0.1) is 13.1 Å². The van der Waals surface area contributed by atoms with Gasteiger partial charge in [-0.15, -0.1) is 0 Å². The van der Waals surface area contributed by atoms with Crippen LogP contribution in [0.4, 0.5) is 0 Å². The highest BCUT2D eigenvalue weighted by atomic mass is 16.3. The number of hydrogen-bond acceptors (Lipinski definition) is 5. The Bertz CT molecular complexity index is 961. The van der Waals surface area contributed by atoms with Crippen LogP contribution < -0.4 is 10.6 Å². The van der Waals surface area contributed by atoms with Crippen molar-refractivity contribution >= 4 is 17.7 Å². The summed E-state index contributed by atoms with van der Waals surface area (Å²) in [7, 11) is 1.60. The van der Waals surface area contributed by atoms with E-state index in [0.717, 1.165) is 12.2 Å². The summed E-state index contributed by atoms with van der Waals surface area (Å²) in [4.78, 5) is 39.6. The van der Waals surface area contributed by atoms with Crippen LogP contribution in [0.25, 0.3) is 0 Å². The average molecular weight is 415 g/mol. The van der Waals surface area contributed by atoms with E-state index in [1.165, 1.54) is 15.6 Å². The molecule has 0 aliphatic carbocycles. The van der Waals surface area contributed by atoms with Gasteiger partial charge in [-0.3, -0.25) is 19.1 Å². The molecule has 1 unspecified atom stereocenters. The number of hydrogen-bond donors (Lipinski definition) is 2. The molecule has 0 saturated heterocycles. The molecular weight excluding hydrogens is 386 g/mol. The Kier molecular flexibility index (Phi) is 6.00. The third kappa shape index (κ3) is 4.24. The molecule has 9 heteroatoms. The Labute approximate surface area is 175 Å². The number of furan rings is 1. The van der Waals surface area contributed by atoms with Gasteiger partial charge in [-0.25, -0.2) is 0 Å². The number of aromatic nitrogens is 2. The molecule has 0 bridgehead atoms. The number of aryl methyl sites for hydroxylation is 1. The van der Waals surface area contributed by atoms with Crippen molar-refractivity contribution in [3.63, 3.8) is 0 Å². The van der Waals surface area contributed by atoms with Gasteiger partial charge in [0.15, 0.2) is 5.69 Å². The molecule has 2 aromatic rings. The lowest BCUT2D eigenvalue weighted by molar-refractivity contribution is -0.132. The van der Waals surface area contributed by atoms with E-state index in [0.29, 0.717) is 18.2 Å². The van der Waals surface area contributed by atoms with Crippen molar-refractivity contribution in [2.24, 2.45) is 5.92 Å². The molecule has 2 aromatic heterocycles. The van der Waals surface area contributed by atoms with Gasteiger partial charge in [0.1, 0.15) is 22.8 Å². The second-order valence-corrected chi connectivity index (χ2v) is 8.34. The predicted molar refractivity (Wildman–Crippen MR) is 110 cm³/mol. The van der Waals surface area contributed by atoms with Crippen molar-refractivity contribution in [1.29, 1.82) is 0 Å². The van der Waals surface area contributed by atoms with E-state index in [4.69, 9.17) is 4.42 Å². The van der Waals surface area contributed by atoms with Crippen molar-refractivity contribution in [2.45, 2.75) is 52.7 Å². The number of fused-ring (bicyclic) bond motifs is 1. The first kappa shape index (κ1) is 21.6. The zero-order chi connectivity index (χ0) is 22.1. The minimum atomic E-state index is -1.09. The molecule has 0 spiro atoms. The molecule has 30 heavy (non-hydrogen) atoms. The smallest absolute Gasteiger partial charge is 0.272 e. The summed E-state index contributed by atoms with van der Waals surface area (Å²) in [6.07, 6.45) is 0.853. The summed E-state index contributed by atoms with van der Waals surface area (Å²) in [6.45, 7) is 8.63. The van der Waals surface area contributed by atoms with Crippen LogP contribution in [0.15, 0.2) is 22.6 Å². The number of nitrogens with one attached hydrogen (secondary N) is 2. The Hall–Kier alpha value is -3.10. The molecule has 3 rings (SSSR count). The largest absolute Gasteiger partial charge is 0.465 e. The van der Waals surface area contributed by atoms with Crippen LogP contribution in [0.2, 0.25) is 0 Å². The first-order valence-electron chi connectivity index (χ1n) is 10.1. The first-order chi connectivity index (χ1) is 14.1. The monoisotopic (exact) mass is 415 g/mol. The molecular formula is C21H29N5O4. The molecule has 0 aromatic carbocycles. The Morgan fingerprint density at radius 1 is 1.30 bits per heavy atom. The lowest BCUT2D eigenvalue weighted by Gasteiger charge is -2.40. The first-order valence-corrected chi connectivity index (χ1v) is 10.1. The molecule has 3 heterocycles. The van der Waals surface area contributed by atoms with Crippen molar-refractivity contribution in [1.82, 2.24) is 25.3 Å². The van der Waals surface area contributed by atoms with Crippen molar-refractivity contribution in [2.75, 3.05) is 13.6 Å². The zero-order valence-electron chi connectivity index (χ0n) is 18.1. The van der Waals surface area contributed by atoms with E-state index in [-0.39, 0.29) is 36.3 Å².